The van der Waals surface area contributed by atoms with E-state index in [1.807, 2.05) is 38.1 Å². The number of aliphatic hydroxyl groups excluding tert-OH is 1. The van der Waals surface area contributed by atoms with E-state index in [0.717, 1.165) is 26.2 Å². The first-order chi connectivity index (χ1) is 8.11. The first-order valence-corrected chi connectivity index (χ1v) is 6.39. The van der Waals surface area contributed by atoms with Crippen molar-refractivity contribution in [1.29, 1.82) is 0 Å². The summed E-state index contributed by atoms with van der Waals surface area (Å²) in [5.74, 6) is 0. The molecular weight excluding hydrogens is 256 g/mol. The molecule has 0 unspecified atom stereocenters. The lowest BCUT2D eigenvalue weighted by Crippen LogP contribution is -2.00. The number of benzene rings is 1. The highest BCUT2D eigenvalue weighted by molar-refractivity contribution is 7.99. The van der Waals surface area contributed by atoms with Crippen molar-refractivity contribution in [2.45, 2.75) is 30.4 Å². The van der Waals surface area contributed by atoms with E-state index < -0.39 is 0 Å². The molecule has 0 aliphatic carbocycles. The minimum atomic E-state index is -0.0894. The Labute approximate surface area is 109 Å². The molecule has 0 spiro atoms. The summed E-state index contributed by atoms with van der Waals surface area (Å²) in [6.07, 6.45) is 0. The van der Waals surface area contributed by atoms with Gasteiger partial charge in [0.2, 0.25) is 0 Å². The first kappa shape index (κ1) is 12.5. The van der Waals surface area contributed by atoms with Crippen LogP contribution in [0.4, 0.5) is 0 Å². The largest absolute Gasteiger partial charge is 0.374 e. The van der Waals surface area contributed by atoms with E-state index in [1.54, 1.807) is 16.4 Å². The fourth-order valence-corrected chi connectivity index (χ4v) is 2.66. The van der Waals surface area contributed by atoms with Gasteiger partial charge < -0.3 is 5.11 Å². The van der Waals surface area contributed by atoms with Gasteiger partial charge in [-0.1, -0.05) is 23.4 Å². The van der Waals surface area contributed by atoms with E-state index in [-0.39, 0.29) is 6.73 Å². The molecule has 5 heteroatoms. The average Bonchev–Trinajstić information content (AvgIpc) is 2.59. The van der Waals surface area contributed by atoms with Gasteiger partial charge in [-0.05, 0) is 38.1 Å². The molecule has 0 aliphatic heterocycles. The Bertz CT molecular complexity index is 522. The lowest BCUT2D eigenvalue weighted by molar-refractivity contribution is 0.192. The molecule has 1 aromatic heterocycles. The molecule has 0 bridgehead atoms. The molecule has 3 nitrogen and oxygen atoms in total. The van der Waals surface area contributed by atoms with Crippen LogP contribution in [0, 0.1) is 13.8 Å². The smallest absolute Gasteiger partial charge is 0.136 e. The normalized spacial score (nSPS) is 10.8. The number of aromatic nitrogens is 2. The Balaban J connectivity index is 2.29. The summed E-state index contributed by atoms with van der Waals surface area (Å²) in [7, 11) is 0. The van der Waals surface area contributed by atoms with Crippen LogP contribution >= 0.6 is 23.4 Å². The van der Waals surface area contributed by atoms with Gasteiger partial charge in [-0.3, -0.25) is 0 Å². The van der Waals surface area contributed by atoms with Crippen molar-refractivity contribution >= 4 is 23.4 Å². The zero-order chi connectivity index (χ0) is 12.4. The number of hydrogen-bond acceptors (Lipinski definition) is 3. The fraction of sp³-hybridized carbons (Fsp3) is 0.250. The van der Waals surface area contributed by atoms with Crippen molar-refractivity contribution in [1.82, 2.24) is 9.78 Å². The van der Waals surface area contributed by atoms with Crippen LogP contribution in [0.1, 0.15) is 11.4 Å². The van der Waals surface area contributed by atoms with Gasteiger partial charge in [-0.2, -0.15) is 5.10 Å². The predicted octanol–water partition coefficient (Wildman–Crippen LogP) is 3.25. The number of halogens is 1. The van der Waals surface area contributed by atoms with Gasteiger partial charge in [0.1, 0.15) is 6.73 Å². The zero-order valence-electron chi connectivity index (χ0n) is 9.64. The summed E-state index contributed by atoms with van der Waals surface area (Å²) < 4.78 is 1.59. The number of hydrogen-bond donors (Lipinski definition) is 1. The van der Waals surface area contributed by atoms with E-state index in [0.29, 0.717) is 0 Å². The van der Waals surface area contributed by atoms with Crippen LogP contribution in [-0.2, 0) is 6.73 Å². The van der Waals surface area contributed by atoms with Crippen LogP contribution in [-0.4, -0.2) is 14.9 Å². The van der Waals surface area contributed by atoms with Crippen molar-refractivity contribution in [3.05, 3.63) is 40.7 Å². The van der Waals surface area contributed by atoms with E-state index in [9.17, 15) is 0 Å². The van der Waals surface area contributed by atoms with Crippen molar-refractivity contribution in [2.75, 3.05) is 0 Å². The van der Waals surface area contributed by atoms with Gasteiger partial charge in [0.05, 0.1) is 16.3 Å². The standard InChI is InChI=1S/C12H13ClN2OS/c1-8-12(9(2)15(7-16)14-8)17-11-5-3-10(13)4-6-11/h3-6,16H,7H2,1-2H3. The number of nitrogens with zero attached hydrogens (tertiary/aromatic N) is 2. The van der Waals surface area contributed by atoms with Gasteiger partial charge in [0.15, 0.2) is 0 Å². The van der Waals surface area contributed by atoms with Gasteiger partial charge in [-0.15, -0.1) is 0 Å². The molecule has 0 atom stereocenters. The Morgan fingerprint density at radius 2 is 1.94 bits per heavy atom. The Kier molecular flexibility index (Phi) is 3.76. The van der Waals surface area contributed by atoms with Crippen LogP contribution in [0.5, 0.6) is 0 Å². The highest BCUT2D eigenvalue weighted by Gasteiger charge is 2.12. The van der Waals surface area contributed by atoms with Gasteiger partial charge >= 0.3 is 0 Å². The summed E-state index contributed by atoms with van der Waals surface area (Å²) in [5, 5.41) is 14.1. The van der Waals surface area contributed by atoms with Crippen molar-refractivity contribution in [3.63, 3.8) is 0 Å². The molecule has 90 valence electrons. The van der Waals surface area contributed by atoms with Crippen LogP contribution in [0.2, 0.25) is 5.02 Å². The second-order valence-corrected chi connectivity index (χ2v) is 5.22. The maximum atomic E-state index is 9.13. The second kappa shape index (κ2) is 5.12. The van der Waals surface area contributed by atoms with Crippen molar-refractivity contribution in [3.8, 4) is 0 Å². The molecule has 1 heterocycles. The topological polar surface area (TPSA) is 38.0 Å². The Morgan fingerprint density at radius 3 is 2.47 bits per heavy atom. The molecule has 1 N–H and O–H groups in total. The average molecular weight is 269 g/mol. The molecule has 2 rings (SSSR count). The molecule has 0 saturated carbocycles. The lowest BCUT2D eigenvalue weighted by Gasteiger charge is -2.02. The maximum absolute atomic E-state index is 9.13. The van der Waals surface area contributed by atoms with Crippen LogP contribution in [0.15, 0.2) is 34.1 Å². The van der Waals surface area contributed by atoms with Gasteiger partial charge in [0.25, 0.3) is 0 Å². The summed E-state index contributed by atoms with van der Waals surface area (Å²) in [6.45, 7) is 3.81. The maximum Gasteiger partial charge on any atom is 0.136 e. The van der Waals surface area contributed by atoms with E-state index in [2.05, 4.69) is 5.10 Å². The van der Waals surface area contributed by atoms with Crippen molar-refractivity contribution < 1.29 is 5.11 Å². The summed E-state index contributed by atoms with van der Waals surface area (Å²) in [6, 6.07) is 7.68. The molecule has 1 aromatic carbocycles. The number of aliphatic hydroxyl groups is 1. The van der Waals surface area contributed by atoms with E-state index in [4.69, 9.17) is 16.7 Å². The highest BCUT2D eigenvalue weighted by Crippen LogP contribution is 2.33. The van der Waals surface area contributed by atoms with E-state index >= 15 is 0 Å². The minimum absolute atomic E-state index is 0.0894. The molecule has 0 saturated heterocycles. The van der Waals surface area contributed by atoms with Crippen LogP contribution < -0.4 is 0 Å². The zero-order valence-corrected chi connectivity index (χ0v) is 11.2. The second-order valence-electron chi connectivity index (χ2n) is 3.70. The summed E-state index contributed by atoms with van der Waals surface area (Å²) in [4.78, 5) is 2.19. The SMILES string of the molecule is Cc1nn(CO)c(C)c1Sc1ccc(Cl)cc1. The quantitative estimate of drug-likeness (QED) is 0.929. The lowest BCUT2D eigenvalue weighted by atomic mass is 10.4. The van der Waals surface area contributed by atoms with Gasteiger partial charge in [-0.25, -0.2) is 4.68 Å². The first-order valence-electron chi connectivity index (χ1n) is 5.20. The van der Waals surface area contributed by atoms with Crippen molar-refractivity contribution in [2.24, 2.45) is 0 Å². The fourth-order valence-electron chi connectivity index (χ4n) is 1.59. The molecule has 2 aromatic rings. The Morgan fingerprint density at radius 1 is 1.29 bits per heavy atom. The molecule has 17 heavy (non-hydrogen) atoms. The highest BCUT2D eigenvalue weighted by atomic mass is 35.5. The molecule has 0 amide bonds. The molecule has 0 fully saturated rings. The third-order valence-electron chi connectivity index (χ3n) is 2.48. The summed E-state index contributed by atoms with van der Waals surface area (Å²) >= 11 is 7.48. The third kappa shape index (κ3) is 2.65. The van der Waals surface area contributed by atoms with E-state index in [1.165, 1.54) is 0 Å². The van der Waals surface area contributed by atoms with Gasteiger partial charge in [0, 0.05) is 9.92 Å². The summed E-state index contributed by atoms with van der Waals surface area (Å²) in [5.41, 5.74) is 1.90. The van der Waals surface area contributed by atoms with Crippen LogP contribution in [0.25, 0.3) is 0 Å². The minimum Gasteiger partial charge on any atom is -0.374 e. The number of aryl methyl sites for hydroxylation is 1. The molecule has 0 aliphatic rings. The Hall–Kier alpha value is -0.970. The van der Waals surface area contributed by atoms with Crippen LogP contribution in [0.3, 0.4) is 0 Å². The molecule has 0 radical (unpaired) electrons. The third-order valence-corrected chi connectivity index (χ3v) is 4.04. The predicted molar refractivity (Wildman–Crippen MR) is 69.5 cm³/mol. The number of rotatable bonds is 3. The molecular formula is C12H13ClN2OS. The monoisotopic (exact) mass is 268 g/mol.